The Morgan fingerprint density at radius 3 is 2.52 bits per heavy atom. The molecule has 126 valence electrons. The lowest BCUT2D eigenvalue weighted by Gasteiger charge is -2.45. The first-order chi connectivity index (χ1) is 11.1. The van der Waals surface area contributed by atoms with Crippen molar-refractivity contribution in [2.24, 2.45) is 0 Å². The number of nitrogens with zero attached hydrogens (tertiary/aromatic N) is 2. The first-order valence-electron chi connectivity index (χ1n) is 8.43. The van der Waals surface area contributed by atoms with Crippen molar-refractivity contribution in [3.8, 4) is 0 Å². The summed E-state index contributed by atoms with van der Waals surface area (Å²) < 4.78 is 18.2. The van der Waals surface area contributed by atoms with Gasteiger partial charge in [0.25, 0.3) is 5.91 Å². The van der Waals surface area contributed by atoms with Gasteiger partial charge in [0.15, 0.2) is 0 Å². The maximum absolute atomic E-state index is 13.0. The van der Waals surface area contributed by atoms with Gasteiger partial charge in [-0.05, 0) is 56.5 Å². The highest BCUT2D eigenvalue weighted by molar-refractivity contribution is 5.94. The number of halogens is 1. The van der Waals surface area contributed by atoms with Gasteiger partial charge < -0.3 is 9.64 Å². The number of carbonyl (C=O) groups is 1. The number of methoxy groups -OCH3 is 1. The molecule has 3 rings (SSSR count). The van der Waals surface area contributed by atoms with E-state index >= 15 is 0 Å². The van der Waals surface area contributed by atoms with E-state index in [-0.39, 0.29) is 17.3 Å². The summed E-state index contributed by atoms with van der Waals surface area (Å²) in [6.07, 6.45) is 4.48. The Bertz CT molecular complexity index is 538. The molecule has 23 heavy (non-hydrogen) atoms. The summed E-state index contributed by atoms with van der Waals surface area (Å²) in [5, 5.41) is 0. The van der Waals surface area contributed by atoms with Gasteiger partial charge in [-0.25, -0.2) is 4.39 Å². The molecule has 0 atom stereocenters. The number of hydrogen-bond donors (Lipinski definition) is 0. The topological polar surface area (TPSA) is 32.8 Å². The fourth-order valence-electron chi connectivity index (χ4n) is 4.01. The number of benzene rings is 1. The molecule has 0 aliphatic carbocycles. The molecule has 0 unspecified atom stereocenters. The third-order valence-corrected chi connectivity index (χ3v) is 5.38. The van der Waals surface area contributed by atoms with Gasteiger partial charge in [0, 0.05) is 37.8 Å². The second kappa shape index (κ2) is 6.97. The van der Waals surface area contributed by atoms with Crippen molar-refractivity contribution >= 4 is 5.91 Å². The van der Waals surface area contributed by atoms with Crippen molar-refractivity contribution in [2.45, 2.75) is 31.2 Å². The smallest absolute Gasteiger partial charge is 0.253 e. The van der Waals surface area contributed by atoms with Crippen LogP contribution in [0.5, 0.6) is 0 Å². The van der Waals surface area contributed by atoms with Crippen LogP contribution in [-0.2, 0) is 4.74 Å². The maximum Gasteiger partial charge on any atom is 0.253 e. The molecule has 2 aliphatic heterocycles. The van der Waals surface area contributed by atoms with Crippen LogP contribution in [0.2, 0.25) is 0 Å². The van der Waals surface area contributed by atoms with Crippen molar-refractivity contribution in [2.75, 3.05) is 39.9 Å². The van der Waals surface area contributed by atoms with E-state index < -0.39 is 0 Å². The van der Waals surface area contributed by atoms with Gasteiger partial charge in [-0.2, -0.15) is 0 Å². The zero-order valence-corrected chi connectivity index (χ0v) is 13.8. The third kappa shape index (κ3) is 3.40. The summed E-state index contributed by atoms with van der Waals surface area (Å²) in [4.78, 5) is 17.0. The van der Waals surface area contributed by atoms with Crippen molar-refractivity contribution in [1.29, 1.82) is 0 Å². The molecule has 0 aromatic heterocycles. The summed E-state index contributed by atoms with van der Waals surface area (Å²) in [7, 11) is 1.74. The molecule has 1 aromatic rings. The molecule has 4 nitrogen and oxygen atoms in total. The minimum Gasteiger partial charge on any atom is -0.383 e. The quantitative estimate of drug-likeness (QED) is 0.855. The number of likely N-dealkylation sites (tertiary alicyclic amines) is 2. The predicted molar refractivity (Wildman–Crippen MR) is 87.0 cm³/mol. The zero-order valence-electron chi connectivity index (χ0n) is 13.8. The van der Waals surface area contributed by atoms with E-state index in [9.17, 15) is 9.18 Å². The van der Waals surface area contributed by atoms with E-state index in [1.807, 2.05) is 4.90 Å². The predicted octanol–water partition coefficient (Wildman–Crippen LogP) is 2.54. The summed E-state index contributed by atoms with van der Waals surface area (Å²) in [6, 6.07) is 5.84. The molecule has 2 saturated heterocycles. The summed E-state index contributed by atoms with van der Waals surface area (Å²) in [5.74, 6) is -0.292. The van der Waals surface area contributed by atoms with E-state index in [1.165, 1.54) is 25.0 Å². The molecule has 1 aromatic carbocycles. The Morgan fingerprint density at radius 2 is 1.87 bits per heavy atom. The van der Waals surface area contributed by atoms with Gasteiger partial charge in [-0.1, -0.05) is 0 Å². The minimum atomic E-state index is -0.307. The number of ether oxygens (including phenoxy) is 1. The van der Waals surface area contributed by atoms with Gasteiger partial charge >= 0.3 is 0 Å². The Labute approximate surface area is 137 Å². The highest BCUT2D eigenvalue weighted by Gasteiger charge is 2.43. The first kappa shape index (κ1) is 16.4. The first-order valence-corrected chi connectivity index (χ1v) is 8.43. The molecule has 2 fully saturated rings. The Morgan fingerprint density at radius 1 is 1.17 bits per heavy atom. The monoisotopic (exact) mass is 320 g/mol. The van der Waals surface area contributed by atoms with Crippen molar-refractivity contribution < 1.29 is 13.9 Å². The van der Waals surface area contributed by atoms with Gasteiger partial charge in [0.1, 0.15) is 5.82 Å². The maximum atomic E-state index is 13.0. The lowest BCUT2D eigenvalue weighted by atomic mass is 9.84. The van der Waals surface area contributed by atoms with Crippen LogP contribution in [0.4, 0.5) is 4.39 Å². The molecule has 0 bridgehead atoms. The lowest BCUT2D eigenvalue weighted by molar-refractivity contribution is 0.0310. The lowest BCUT2D eigenvalue weighted by Crippen LogP contribution is -2.53. The van der Waals surface area contributed by atoms with E-state index in [4.69, 9.17) is 4.74 Å². The van der Waals surface area contributed by atoms with Crippen LogP contribution in [0.3, 0.4) is 0 Å². The Balaban J connectivity index is 1.61. The molecule has 2 aliphatic rings. The van der Waals surface area contributed by atoms with Crippen molar-refractivity contribution in [3.05, 3.63) is 35.6 Å². The van der Waals surface area contributed by atoms with E-state index in [0.717, 1.165) is 45.6 Å². The van der Waals surface area contributed by atoms with E-state index in [1.54, 1.807) is 19.2 Å². The van der Waals surface area contributed by atoms with Crippen LogP contribution in [0, 0.1) is 5.82 Å². The molecular weight excluding hydrogens is 295 g/mol. The number of piperidine rings is 1. The number of rotatable bonds is 4. The van der Waals surface area contributed by atoms with Gasteiger partial charge in [0.2, 0.25) is 0 Å². The van der Waals surface area contributed by atoms with Crippen LogP contribution < -0.4 is 0 Å². The summed E-state index contributed by atoms with van der Waals surface area (Å²) in [5.41, 5.74) is 0.822. The average molecular weight is 320 g/mol. The Hall–Kier alpha value is -1.46. The molecule has 0 radical (unpaired) electrons. The highest BCUT2D eigenvalue weighted by Crippen LogP contribution is 2.38. The van der Waals surface area contributed by atoms with E-state index in [2.05, 4.69) is 4.90 Å². The van der Waals surface area contributed by atoms with Gasteiger partial charge in [-0.15, -0.1) is 0 Å². The second-order valence-corrected chi connectivity index (χ2v) is 6.61. The van der Waals surface area contributed by atoms with Crippen LogP contribution in [0.15, 0.2) is 24.3 Å². The van der Waals surface area contributed by atoms with Crippen molar-refractivity contribution in [1.82, 2.24) is 9.80 Å². The third-order valence-electron chi connectivity index (χ3n) is 5.38. The Kier molecular flexibility index (Phi) is 4.97. The molecule has 1 spiro atoms. The standard InChI is InChI=1S/C18H25FN2O2/c1-23-14-13-21-10-2-7-18(21)8-11-20(12-9-18)17(22)15-3-5-16(19)6-4-15/h3-6H,2,7-14H2,1H3. The molecule has 0 N–H and O–H groups in total. The fourth-order valence-corrected chi connectivity index (χ4v) is 4.01. The van der Waals surface area contributed by atoms with E-state index in [0.29, 0.717) is 5.56 Å². The number of amides is 1. The van der Waals surface area contributed by atoms with Crippen LogP contribution in [-0.4, -0.2) is 61.1 Å². The largest absolute Gasteiger partial charge is 0.383 e. The normalized spacial score (nSPS) is 21.0. The van der Waals surface area contributed by atoms with Crippen LogP contribution in [0.1, 0.15) is 36.0 Å². The molecule has 1 amide bonds. The fraction of sp³-hybridized carbons (Fsp3) is 0.611. The highest BCUT2D eigenvalue weighted by atomic mass is 19.1. The zero-order chi connectivity index (χ0) is 16.3. The molecule has 2 heterocycles. The van der Waals surface area contributed by atoms with Gasteiger partial charge in [0.05, 0.1) is 6.61 Å². The summed E-state index contributed by atoms with van der Waals surface area (Å²) in [6.45, 7) is 4.43. The summed E-state index contributed by atoms with van der Waals surface area (Å²) >= 11 is 0. The molecule has 0 saturated carbocycles. The average Bonchev–Trinajstić information content (AvgIpc) is 2.96. The van der Waals surface area contributed by atoms with Gasteiger partial charge in [-0.3, -0.25) is 9.69 Å². The van der Waals surface area contributed by atoms with Crippen molar-refractivity contribution in [3.63, 3.8) is 0 Å². The SMILES string of the molecule is COCCN1CCCC12CCN(C(=O)c1ccc(F)cc1)CC2. The minimum absolute atomic E-state index is 0.0151. The number of carbonyl (C=O) groups excluding carboxylic acids is 1. The second-order valence-electron chi connectivity index (χ2n) is 6.61. The number of hydrogen-bond acceptors (Lipinski definition) is 3. The molecular formula is C18H25FN2O2. The van der Waals surface area contributed by atoms with Crippen LogP contribution >= 0.6 is 0 Å². The molecule has 5 heteroatoms. The van der Waals surface area contributed by atoms with Crippen LogP contribution in [0.25, 0.3) is 0 Å².